The second-order valence-corrected chi connectivity index (χ2v) is 5.89. The van der Waals surface area contributed by atoms with Crippen molar-refractivity contribution in [3.05, 3.63) is 0 Å². The van der Waals surface area contributed by atoms with Crippen LogP contribution in [-0.4, -0.2) is 30.4 Å². The van der Waals surface area contributed by atoms with Crippen molar-refractivity contribution in [3.8, 4) is 0 Å². The third-order valence-corrected chi connectivity index (χ3v) is 3.37. The summed E-state index contributed by atoms with van der Waals surface area (Å²) in [7, 11) is 0. The molecule has 0 aromatic rings. The fourth-order valence-electron chi connectivity index (χ4n) is 2.44. The average Bonchev–Trinajstić information content (AvgIpc) is 2.28. The predicted octanol–water partition coefficient (Wildman–Crippen LogP) is 0.392. The van der Waals surface area contributed by atoms with Crippen LogP contribution in [0.25, 0.3) is 0 Å². The fourth-order valence-corrected chi connectivity index (χ4v) is 2.44. The van der Waals surface area contributed by atoms with Crippen molar-refractivity contribution in [2.75, 3.05) is 13.1 Å². The molecule has 0 saturated carbocycles. The van der Waals surface area contributed by atoms with Gasteiger partial charge in [-0.1, -0.05) is 13.8 Å². The molecular weight excluding hydrogens is 230 g/mol. The monoisotopic (exact) mass is 255 g/mol. The van der Waals surface area contributed by atoms with Crippen molar-refractivity contribution in [2.45, 2.75) is 45.6 Å². The maximum Gasteiger partial charge on any atom is 0.225 e. The number of nitrogens with two attached hydrogens (primary N) is 1. The number of hydrogen-bond acceptors (Lipinski definition) is 3. The smallest absolute Gasteiger partial charge is 0.225 e. The standard InChI is InChI=1S/C13H25N3O2/c1-9(2)6-13(3,8-14)16-12(18)10-4-5-11(17)15-7-10/h9-10H,4-8,14H2,1-3H3,(H,15,17)(H,16,18). The molecule has 0 aromatic carbocycles. The van der Waals surface area contributed by atoms with Gasteiger partial charge in [-0.3, -0.25) is 9.59 Å². The Morgan fingerprint density at radius 1 is 1.61 bits per heavy atom. The van der Waals surface area contributed by atoms with E-state index in [1.165, 1.54) is 0 Å². The lowest BCUT2D eigenvalue weighted by molar-refractivity contribution is -0.130. The maximum absolute atomic E-state index is 12.1. The topological polar surface area (TPSA) is 84.2 Å². The molecule has 1 aliphatic rings. The summed E-state index contributed by atoms with van der Waals surface area (Å²) in [4.78, 5) is 23.2. The molecule has 5 nitrogen and oxygen atoms in total. The molecule has 1 heterocycles. The van der Waals surface area contributed by atoms with Gasteiger partial charge >= 0.3 is 0 Å². The third kappa shape index (κ3) is 4.29. The van der Waals surface area contributed by atoms with Crippen LogP contribution in [0.4, 0.5) is 0 Å². The largest absolute Gasteiger partial charge is 0.355 e. The minimum Gasteiger partial charge on any atom is -0.355 e. The lowest BCUT2D eigenvalue weighted by Gasteiger charge is -2.33. The molecule has 1 rings (SSSR count). The summed E-state index contributed by atoms with van der Waals surface area (Å²) in [5, 5.41) is 5.77. The first-order valence-corrected chi connectivity index (χ1v) is 6.65. The average molecular weight is 255 g/mol. The van der Waals surface area contributed by atoms with Gasteiger partial charge in [-0.2, -0.15) is 0 Å². The molecule has 1 fully saturated rings. The molecule has 18 heavy (non-hydrogen) atoms. The summed E-state index contributed by atoms with van der Waals surface area (Å²) in [5.41, 5.74) is 5.42. The second-order valence-electron chi connectivity index (χ2n) is 5.89. The zero-order valence-electron chi connectivity index (χ0n) is 11.6. The Hall–Kier alpha value is -1.10. The van der Waals surface area contributed by atoms with Crippen molar-refractivity contribution in [2.24, 2.45) is 17.6 Å². The van der Waals surface area contributed by atoms with Crippen molar-refractivity contribution in [1.29, 1.82) is 0 Å². The van der Waals surface area contributed by atoms with Crippen LogP contribution in [0.1, 0.15) is 40.0 Å². The minimum atomic E-state index is -0.354. The van der Waals surface area contributed by atoms with Crippen molar-refractivity contribution >= 4 is 11.8 Å². The van der Waals surface area contributed by atoms with Gasteiger partial charge in [-0.15, -0.1) is 0 Å². The zero-order valence-corrected chi connectivity index (χ0v) is 11.6. The van der Waals surface area contributed by atoms with Crippen LogP contribution in [0.5, 0.6) is 0 Å². The number of carbonyl (C=O) groups is 2. The Morgan fingerprint density at radius 2 is 2.28 bits per heavy atom. The summed E-state index contributed by atoms with van der Waals surface area (Å²) < 4.78 is 0. The first-order valence-electron chi connectivity index (χ1n) is 6.65. The first kappa shape index (κ1) is 15.0. The molecule has 4 N–H and O–H groups in total. The summed E-state index contributed by atoms with van der Waals surface area (Å²) >= 11 is 0. The molecule has 2 amide bonds. The highest BCUT2D eigenvalue weighted by Gasteiger charge is 2.31. The van der Waals surface area contributed by atoms with Gasteiger partial charge in [-0.25, -0.2) is 0 Å². The van der Waals surface area contributed by atoms with Gasteiger partial charge in [0.15, 0.2) is 0 Å². The van der Waals surface area contributed by atoms with E-state index in [2.05, 4.69) is 24.5 Å². The van der Waals surface area contributed by atoms with Crippen LogP contribution in [0.15, 0.2) is 0 Å². The van der Waals surface area contributed by atoms with E-state index in [-0.39, 0.29) is 23.3 Å². The SMILES string of the molecule is CC(C)CC(C)(CN)NC(=O)C1CCC(=O)NC1. The molecule has 0 spiro atoms. The van der Waals surface area contributed by atoms with Crippen molar-refractivity contribution < 1.29 is 9.59 Å². The highest BCUT2D eigenvalue weighted by Crippen LogP contribution is 2.18. The Morgan fingerprint density at radius 3 is 2.72 bits per heavy atom. The number of amides is 2. The number of carbonyl (C=O) groups excluding carboxylic acids is 2. The van der Waals surface area contributed by atoms with Crippen molar-refractivity contribution in [3.63, 3.8) is 0 Å². The first-order chi connectivity index (χ1) is 8.36. The normalized spacial score (nSPS) is 23.4. The number of hydrogen-bond donors (Lipinski definition) is 3. The molecular formula is C13H25N3O2. The molecule has 0 bridgehead atoms. The highest BCUT2D eigenvalue weighted by atomic mass is 16.2. The van der Waals surface area contributed by atoms with E-state index in [4.69, 9.17) is 5.73 Å². The van der Waals surface area contributed by atoms with E-state index in [0.29, 0.717) is 31.8 Å². The van der Waals surface area contributed by atoms with Gasteiger partial charge in [0.2, 0.25) is 11.8 Å². The van der Waals surface area contributed by atoms with E-state index >= 15 is 0 Å². The Bertz CT molecular complexity index is 307. The predicted molar refractivity (Wildman–Crippen MR) is 70.8 cm³/mol. The van der Waals surface area contributed by atoms with Crippen LogP contribution < -0.4 is 16.4 Å². The Kier molecular flexibility index (Phi) is 5.14. The van der Waals surface area contributed by atoms with Crippen LogP contribution in [0.3, 0.4) is 0 Å². The van der Waals surface area contributed by atoms with Gasteiger partial charge in [0.05, 0.1) is 5.92 Å². The minimum absolute atomic E-state index is 0.00333. The number of nitrogens with one attached hydrogen (secondary N) is 2. The summed E-state index contributed by atoms with van der Waals surface area (Å²) in [5.74, 6) is 0.386. The molecule has 104 valence electrons. The molecule has 0 aliphatic carbocycles. The van der Waals surface area contributed by atoms with Gasteiger partial charge in [-0.05, 0) is 25.7 Å². The quantitative estimate of drug-likeness (QED) is 0.664. The van der Waals surface area contributed by atoms with Crippen LogP contribution in [0.2, 0.25) is 0 Å². The van der Waals surface area contributed by atoms with Crippen LogP contribution in [0, 0.1) is 11.8 Å². The molecule has 1 aliphatic heterocycles. The van der Waals surface area contributed by atoms with Gasteiger partial charge < -0.3 is 16.4 Å². The molecule has 2 unspecified atom stereocenters. The zero-order chi connectivity index (χ0) is 13.8. The van der Waals surface area contributed by atoms with Gasteiger partial charge in [0.1, 0.15) is 0 Å². The molecule has 0 radical (unpaired) electrons. The van der Waals surface area contributed by atoms with Crippen molar-refractivity contribution in [1.82, 2.24) is 10.6 Å². The number of piperidine rings is 1. The highest BCUT2D eigenvalue weighted by molar-refractivity contribution is 5.84. The Labute approximate surface area is 109 Å². The fraction of sp³-hybridized carbons (Fsp3) is 0.846. The summed E-state index contributed by atoms with van der Waals surface area (Å²) in [6.07, 6.45) is 1.91. The van der Waals surface area contributed by atoms with Crippen LogP contribution in [-0.2, 0) is 9.59 Å². The lowest BCUT2D eigenvalue weighted by Crippen LogP contribution is -2.55. The van der Waals surface area contributed by atoms with E-state index in [1.807, 2.05) is 6.92 Å². The van der Waals surface area contributed by atoms with Gasteiger partial charge in [0.25, 0.3) is 0 Å². The summed E-state index contributed by atoms with van der Waals surface area (Å²) in [6, 6.07) is 0. The third-order valence-electron chi connectivity index (χ3n) is 3.37. The van der Waals surface area contributed by atoms with E-state index < -0.39 is 0 Å². The van der Waals surface area contributed by atoms with Gasteiger partial charge in [0, 0.05) is 25.0 Å². The number of rotatable bonds is 5. The lowest BCUT2D eigenvalue weighted by atomic mass is 9.89. The summed E-state index contributed by atoms with van der Waals surface area (Å²) in [6.45, 7) is 7.07. The molecule has 0 aromatic heterocycles. The maximum atomic E-state index is 12.1. The van der Waals surface area contributed by atoms with Crippen LogP contribution >= 0.6 is 0 Å². The molecule has 1 saturated heterocycles. The molecule has 5 heteroatoms. The molecule has 2 atom stereocenters. The van der Waals surface area contributed by atoms with E-state index in [1.54, 1.807) is 0 Å². The second kappa shape index (κ2) is 6.18. The van der Waals surface area contributed by atoms with E-state index in [0.717, 1.165) is 6.42 Å². The van der Waals surface area contributed by atoms with E-state index in [9.17, 15) is 9.59 Å². The Balaban J connectivity index is 2.53.